The molecule has 0 saturated carbocycles. The van der Waals surface area contributed by atoms with Crippen LogP contribution in [0.4, 0.5) is 17.1 Å². The van der Waals surface area contributed by atoms with Gasteiger partial charge in [-0.15, -0.1) is 0 Å². The van der Waals surface area contributed by atoms with Crippen LogP contribution in [0.15, 0.2) is 144 Å². The number of rotatable bonds is 4. The predicted molar refractivity (Wildman–Crippen MR) is 151 cm³/mol. The summed E-state index contributed by atoms with van der Waals surface area (Å²) in [6.45, 7) is 0. The molecule has 0 aliphatic carbocycles. The molecular formula is C34H23NO. The molecule has 0 N–H and O–H groups in total. The summed E-state index contributed by atoms with van der Waals surface area (Å²) in [6.07, 6.45) is 0. The zero-order valence-electron chi connectivity index (χ0n) is 19.6. The molecule has 0 saturated heterocycles. The second kappa shape index (κ2) is 8.44. The molecule has 7 aromatic rings. The molecule has 0 amide bonds. The molecule has 7 rings (SSSR count). The molecule has 6 aromatic carbocycles. The normalized spacial score (nSPS) is 11.3. The molecule has 36 heavy (non-hydrogen) atoms. The first-order valence-corrected chi connectivity index (χ1v) is 12.2. The monoisotopic (exact) mass is 461 g/mol. The number of anilines is 3. The molecule has 0 fully saturated rings. The summed E-state index contributed by atoms with van der Waals surface area (Å²) in [4.78, 5) is 2.27. The maximum absolute atomic E-state index is 6.68. The average molecular weight is 462 g/mol. The van der Waals surface area contributed by atoms with Crippen LogP contribution in [-0.4, -0.2) is 0 Å². The van der Waals surface area contributed by atoms with Gasteiger partial charge < -0.3 is 9.32 Å². The fourth-order valence-electron chi connectivity index (χ4n) is 5.19. The van der Waals surface area contributed by atoms with Crippen LogP contribution in [-0.2, 0) is 0 Å². The van der Waals surface area contributed by atoms with Gasteiger partial charge >= 0.3 is 0 Å². The second-order valence-corrected chi connectivity index (χ2v) is 9.00. The Morgan fingerprint density at radius 3 is 1.78 bits per heavy atom. The topological polar surface area (TPSA) is 16.4 Å². The summed E-state index contributed by atoms with van der Waals surface area (Å²) < 4.78 is 6.68. The third kappa shape index (κ3) is 3.35. The van der Waals surface area contributed by atoms with Crippen LogP contribution in [0.1, 0.15) is 0 Å². The van der Waals surface area contributed by atoms with Gasteiger partial charge in [-0.2, -0.15) is 0 Å². The highest BCUT2D eigenvalue weighted by atomic mass is 16.3. The summed E-state index contributed by atoms with van der Waals surface area (Å²) in [5, 5.41) is 4.72. The third-order valence-electron chi connectivity index (χ3n) is 6.82. The Hall–Kier alpha value is -4.82. The van der Waals surface area contributed by atoms with Crippen LogP contribution in [0.2, 0.25) is 0 Å². The van der Waals surface area contributed by atoms with Gasteiger partial charge in [-0.3, -0.25) is 0 Å². The number of fused-ring (bicyclic) bond motifs is 5. The van der Waals surface area contributed by atoms with Gasteiger partial charge in [-0.05, 0) is 58.8 Å². The molecule has 0 radical (unpaired) electrons. The van der Waals surface area contributed by atoms with Gasteiger partial charge in [-0.1, -0.05) is 91.0 Å². The van der Waals surface area contributed by atoms with E-state index in [0.29, 0.717) is 0 Å². The van der Waals surface area contributed by atoms with Crippen molar-refractivity contribution in [2.45, 2.75) is 0 Å². The van der Waals surface area contributed by atoms with Crippen molar-refractivity contribution in [2.75, 3.05) is 4.90 Å². The highest BCUT2D eigenvalue weighted by Crippen LogP contribution is 2.43. The first-order valence-electron chi connectivity index (χ1n) is 12.2. The van der Waals surface area contributed by atoms with Crippen molar-refractivity contribution < 1.29 is 4.42 Å². The van der Waals surface area contributed by atoms with E-state index in [4.69, 9.17) is 4.42 Å². The summed E-state index contributed by atoms with van der Waals surface area (Å²) in [7, 11) is 0. The molecule has 2 heteroatoms. The van der Waals surface area contributed by atoms with Crippen molar-refractivity contribution in [3.63, 3.8) is 0 Å². The fourth-order valence-corrected chi connectivity index (χ4v) is 5.19. The minimum Gasteiger partial charge on any atom is -0.455 e. The van der Waals surface area contributed by atoms with E-state index in [1.54, 1.807) is 0 Å². The molecule has 0 unspecified atom stereocenters. The Morgan fingerprint density at radius 1 is 0.472 bits per heavy atom. The van der Waals surface area contributed by atoms with Crippen molar-refractivity contribution in [1.82, 2.24) is 0 Å². The van der Waals surface area contributed by atoms with Gasteiger partial charge in [0, 0.05) is 39.5 Å². The van der Waals surface area contributed by atoms with E-state index in [9.17, 15) is 0 Å². The molecule has 0 aliphatic rings. The van der Waals surface area contributed by atoms with Gasteiger partial charge in [0.15, 0.2) is 0 Å². The Labute approximate surface area is 209 Å². The predicted octanol–water partition coefficient (Wildman–Crippen LogP) is 9.88. The lowest BCUT2D eigenvalue weighted by Crippen LogP contribution is -2.09. The summed E-state index contributed by atoms with van der Waals surface area (Å²) in [6, 6.07) is 48.8. The van der Waals surface area contributed by atoms with Crippen LogP contribution in [0.3, 0.4) is 0 Å². The van der Waals surface area contributed by atoms with Gasteiger partial charge in [0.25, 0.3) is 0 Å². The molecule has 1 aromatic heterocycles. The van der Waals surface area contributed by atoms with Crippen molar-refractivity contribution >= 4 is 49.8 Å². The van der Waals surface area contributed by atoms with Gasteiger partial charge in [0.2, 0.25) is 0 Å². The molecule has 2 nitrogen and oxygen atoms in total. The maximum Gasteiger partial charge on any atom is 0.143 e. The van der Waals surface area contributed by atoms with Crippen LogP contribution in [0, 0.1) is 0 Å². The lowest BCUT2D eigenvalue weighted by atomic mass is 9.96. The Morgan fingerprint density at radius 2 is 1.08 bits per heavy atom. The lowest BCUT2D eigenvalue weighted by molar-refractivity contribution is 0.670. The number of hydrogen-bond acceptors (Lipinski definition) is 2. The minimum absolute atomic E-state index is 0.882. The quantitative estimate of drug-likeness (QED) is 0.259. The van der Waals surface area contributed by atoms with E-state index in [1.165, 1.54) is 16.2 Å². The van der Waals surface area contributed by atoms with E-state index >= 15 is 0 Å². The van der Waals surface area contributed by atoms with Crippen LogP contribution in [0.25, 0.3) is 43.8 Å². The van der Waals surface area contributed by atoms with E-state index in [0.717, 1.165) is 44.7 Å². The first-order chi connectivity index (χ1) is 17.9. The SMILES string of the molecule is c1ccc(-c2cc3ccccc3c3c2oc2cc(N(c4ccccc4)c4ccccc4)ccc23)cc1. The van der Waals surface area contributed by atoms with E-state index in [2.05, 4.69) is 132 Å². The maximum atomic E-state index is 6.68. The second-order valence-electron chi connectivity index (χ2n) is 9.00. The van der Waals surface area contributed by atoms with Crippen molar-refractivity contribution in [2.24, 2.45) is 0 Å². The first kappa shape index (κ1) is 20.5. The molecule has 170 valence electrons. The van der Waals surface area contributed by atoms with E-state index < -0.39 is 0 Å². The molecule has 0 bridgehead atoms. The van der Waals surface area contributed by atoms with E-state index in [-0.39, 0.29) is 0 Å². The molecule has 0 atom stereocenters. The third-order valence-corrected chi connectivity index (χ3v) is 6.82. The highest BCUT2D eigenvalue weighted by molar-refractivity contribution is 6.22. The largest absolute Gasteiger partial charge is 0.455 e. The molecule has 0 aliphatic heterocycles. The van der Waals surface area contributed by atoms with Gasteiger partial charge in [-0.25, -0.2) is 0 Å². The molecule has 0 spiro atoms. The van der Waals surface area contributed by atoms with Crippen molar-refractivity contribution in [3.05, 3.63) is 140 Å². The molecule has 1 heterocycles. The van der Waals surface area contributed by atoms with Crippen LogP contribution in [0.5, 0.6) is 0 Å². The number of para-hydroxylation sites is 2. The number of benzene rings is 6. The number of hydrogen-bond donors (Lipinski definition) is 0. The molecular weight excluding hydrogens is 438 g/mol. The Balaban J connectivity index is 1.51. The highest BCUT2D eigenvalue weighted by Gasteiger charge is 2.18. The van der Waals surface area contributed by atoms with Gasteiger partial charge in [0.1, 0.15) is 11.2 Å². The Bertz CT molecular complexity index is 1780. The van der Waals surface area contributed by atoms with Crippen LogP contribution >= 0.6 is 0 Å². The number of nitrogens with zero attached hydrogens (tertiary/aromatic N) is 1. The fraction of sp³-hybridized carbons (Fsp3) is 0. The number of furan rings is 1. The lowest BCUT2D eigenvalue weighted by Gasteiger charge is -2.25. The zero-order valence-corrected chi connectivity index (χ0v) is 19.6. The summed E-state index contributed by atoms with van der Waals surface area (Å²) in [5.41, 5.74) is 7.35. The van der Waals surface area contributed by atoms with Crippen molar-refractivity contribution in [1.29, 1.82) is 0 Å². The Kier molecular flexibility index (Phi) is 4.82. The standard InChI is InChI=1S/C34H23NO/c1-4-12-24(13-5-1)31-22-25-14-10-11-19-29(25)33-30-21-20-28(23-32(30)36-34(31)33)35(26-15-6-2-7-16-26)27-17-8-3-9-18-27/h1-23H. The van der Waals surface area contributed by atoms with Gasteiger partial charge in [0.05, 0.1) is 0 Å². The van der Waals surface area contributed by atoms with Crippen LogP contribution < -0.4 is 4.90 Å². The average Bonchev–Trinajstić information content (AvgIpc) is 3.34. The smallest absolute Gasteiger partial charge is 0.143 e. The van der Waals surface area contributed by atoms with Crippen molar-refractivity contribution in [3.8, 4) is 11.1 Å². The summed E-state index contributed by atoms with van der Waals surface area (Å²) >= 11 is 0. The summed E-state index contributed by atoms with van der Waals surface area (Å²) in [5.74, 6) is 0. The minimum atomic E-state index is 0.882. The zero-order chi connectivity index (χ0) is 23.9. The van der Waals surface area contributed by atoms with E-state index in [1.807, 2.05) is 12.1 Å².